The van der Waals surface area contributed by atoms with E-state index in [1.165, 1.54) is 19.3 Å². The maximum atomic E-state index is 5.09. The van der Waals surface area contributed by atoms with E-state index in [4.69, 9.17) is 4.74 Å². The van der Waals surface area contributed by atoms with Gasteiger partial charge in [-0.2, -0.15) is 0 Å². The second kappa shape index (κ2) is 6.24. The largest absolute Gasteiger partial charge is 0.373 e. The van der Waals surface area contributed by atoms with Crippen molar-refractivity contribution in [2.24, 2.45) is 5.92 Å². The van der Waals surface area contributed by atoms with Gasteiger partial charge in [-0.3, -0.25) is 0 Å². The first-order valence-electron chi connectivity index (χ1n) is 4.24. The molecule has 1 fully saturated rings. The van der Waals surface area contributed by atoms with Crippen LogP contribution >= 0.6 is 0 Å². The van der Waals surface area contributed by atoms with Crippen LogP contribution in [0.3, 0.4) is 0 Å². The topological polar surface area (TPSA) is 12.5 Å². The van der Waals surface area contributed by atoms with Crippen molar-refractivity contribution in [1.29, 1.82) is 0 Å². The Morgan fingerprint density at radius 3 is 2.36 bits per heavy atom. The first-order valence-corrected chi connectivity index (χ1v) is 4.24. The number of rotatable bonds is 4. The van der Waals surface area contributed by atoms with Gasteiger partial charge in [-0.25, -0.2) is 0 Å². The molecule has 64 valence electrons. The van der Waals surface area contributed by atoms with Gasteiger partial charge >= 0.3 is 0 Å². The molecule has 0 spiro atoms. The molecule has 1 saturated heterocycles. The molecule has 1 heteroatoms. The highest BCUT2D eigenvalue weighted by molar-refractivity contribution is 4.68. The summed E-state index contributed by atoms with van der Waals surface area (Å²) in [7, 11) is 0. The van der Waals surface area contributed by atoms with E-state index >= 15 is 0 Å². The van der Waals surface area contributed by atoms with Crippen LogP contribution < -0.4 is 0 Å². The van der Waals surface area contributed by atoms with Gasteiger partial charge in [-0.15, -0.1) is 12.8 Å². The maximum absolute atomic E-state index is 5.09. The second-order valence-corrected chi connectivity index (χ2v) is 3.28. The minimum absolute atomic E-state index is 0.642. The molecule has 11 heavy (non-hydrogen) atoms. The Bertz CT molecular complexity index is 98.7. The monoisotopic (exact) mass is 154 g/mol. The van der Waals surface area contributed by atoms with E-state index in [1.807, 2.05) is 0 Å². The number of hydrogen-bond donors (Lipinski definition) is 0. The number of terminal acetylenes is 1. The third-order valence-corrected chi connectivity index (χ3v) is 1.71. The Labute approximate surface area is 70.1 Å². The molecule has 1 aliphatic heterocycles. The van der Waals surface area contributed by atoms with E-state index in [0.717, 1.165) is 12.5 Å². The molecular weight excluding hydrogens is 136 g/mol. The molecule has 1 atom stereocenters. The SMILES string of the molecule is C#C.CC(C)CCC[C@H]1CO1. The zero-order valence-electron chi connectivity index (χ0n) is 7.55. The van der Waals surface area contributed by atoms with Crippen LogP contribution in [-0.2, 0) is 4.74 Å². The van der Waals surface area contributed by atoms with Crippen LogP contribution in [-0.4, -0.2) is 12.7 Å². The fourth-order valence-corrected chi connectivity index (χ4v) is 0.988. The van der Waals surface area contributed by atoms with Crippen LogP contribution in [0.2, 0.25) is 0 Å². The molecule has 1 heterocycles. The van der Waals surface area contributed by atoms with Crippen molar-refractivity contribution in [3.63, 3.8) is 0 Å². The first kappa shape index (κ1) is 10.5. The minimum Gasteiger partial charge on any atom is -0.373 e. The van der Waals surface area contributed by atoms with E-state index in [-0.39, 0.29) is 0 Å². The van der Waals surface area contributed by atoms with Gasteiger partial charge < -0.3 is 4.74 Å². The van der Waals surface area contributed by atoms with Crippen molar-refractivity contribution in [1.82, 2.24) is 0 Å². The smallest absolute Gasteiger partial charge is 0.0810 e. The van der Waals surface area contributed by atoms with Crippen LogP contribution in [0.5, 0.6) is 0 Å². The van der Waals surface area contributed by atoms with Gasteiger partial charge in [-0.05, 0) is 12.3 Å². The van der Waals surface area contributed by atoms with Crippen molar-refractivity contribution in [2.45, 2.75) is 39.2 Å². The summed E-state index contributed by atoms with van der Waals surface area (Å²) in [6.45, 7) is 5.57. The van der Waals surface area contributed by atoms with Gasteiger partial charge in [0.25, 0.3) is 0 Å². The maximum Gasteiger partial charge on any atom is 0.0810 e. The van der Waals surface area contributed by atoms with Crippen molar-refractivity contribution in [3.05, 3.63) is 0 Å². The summed E-state index contributed by atoms with van der Waals surface area (Å²) in [5.74, 6) is 0.865. The van der Waals surface area contributed by atoms with Crippen LogP contribution in [0.15, 0.2) is 0 Å². The summed E-state index contributed by atoms with van der Waals surface area (Å²) in [4.78, 5) is 0. The lowest BCUT2D eigenvalue weighted by Crippen LogP contribution is -1.90. The van der Waals surface area contributed by atoms with Crippen LogP contribution in [0, 0.1) is 18.8 Å². The number of epoxide rings is 1. The van der Waals surface area contributed by atoms with Gasteiger partial charge in [0.05, 0.1) is 12.7 Å². The Balaban J connectivity index is 0.000000461. The van der Waals surface area contributed by atoms with E-state index in [2.05, 4.69) is 26.7 Å². The fourth-order valence-electron chi connectivity index (χ4n) is 0.988. The summed E-state index contributed by atoms with van der Waals surface area (Å²) in [6, 6.07) is 0. The molecule has 1 rings (SSSR count). The summed E-state index contributed by atoms with van der Waals surface area (Å²) < 4.78 is 5.09. The molecule has 0 aliphatic carbocycles. The first-order chi connectivity index (χ1) is 5.29. The lowest BCUT2D eigenvalue weighted by atomic mass is 10.1. The van der Waals surface area contributed by atoms with Crippen LogP contribution in [0.1, 0.15) is 33.1 Å². The van der Waals surface area contributed by atoms with Crippen molar-refractivity contribution < 1.29 is 4.74 Å². The standard InChI is InChI=1S/C8H16O.C2H2/c1-7(2)4-3-5-8-6-9-8;1-2/h7-8H,3-6H2,1-2H3;1-2H/t8-;/m0./s1. The number of ether oxygens (including phenoxy) is 1. The van der Waals surface area contributed by atoms with Crippen LogP contribution in [0.4, 0.5) is 0 Å². The van der Waals surface area contributed by atoms with Crippen molar-refractivity contribution >= 4 is 0 Å². The molecular formula is C10H18O. The third kappa shape index (κ3) is 7.42. The molecule has 0 aromatic carbocycles. The normalized spacial score (nSPS) is 20.6. The molecule has 0 bridgehead atoms. The molecule has 0 saturated carbocycles. The molecule has 0 radical (unpaired) electrons. The highest BCUT2D eigenvalue weighted by Crippen LogP contribution is 2.18. The molecule has 0 unspecified atom stereocenters. The van der Waals surface area contributed by atoms with Crippen LogP contribution in [0.25, 0.3) is 0 Å². The van der Waals surface area contributed by atoms with E-state index in [0.29, 0.717) is 6.10 Å². The molecule has 1 nitrogen and oxygen atoms in total. The third-order valence-electron chi connectivity index (χ3n) is 1.71. The quantitative estimate of drug-likeness (QED) is 0.447. The predicted molar refractivity (Wildman–Crippen MR) is 48.3 cm³/mol. The fraction of sp³-hybridized carbons (Fsp3) is 0.800. The highest BCUT2D eigenvalue weighted by atomic mass is 16.6. The van der Waals surface area contributed by atoms with Crippen molar-refractivity contribution in [2.75, 3.05) is 6.61 Å². The van der Waals surface area contributed by atoms with Gasteiger partial charge in [0.1, 0.15) is 0 Å². The zero-order valence-corrected chi connectivity index (χ0v) is 7.55. The van der Waals surface area contributed by atoms with Crippen molar-refractivity contribution in [3.8, 4) is 12.8 Å². The lowest BCUT2D eigenvalue weighted by Gasteiger charge is -2.00. The Morgan fingerprint density at radius 1 is 1.45 bits per heavy atom. The molecule has 0 N–H and O–H groups in total. The molecule has 0 aromatic heterocycles. The van der Waals surface area contributed by atoms with E-state index < -0.39 is 0 Å². The van der Waals surface area contributed by atoms with Gasteiger partial charge in [0.2, 0.25) is 0 Å². The zero-order chi connectivity index (χ0) is 8.69. The van der Waals surface area contributed by atoms with Gasteiger partial charge in [0.15, 0.2) is 0 Å². The summed E-state index contributed by atoms with van der Waals surface area (Å²) in [6.07, 6.45) is 12.6. The predicted octanol–water partition coefficient (Wildman–Crippen LogP) is 2.46. The number of hydrogen-bond acceptors (Lipinski definition) is 1. The molecule has 0 aromatic rings. The molecule has 0 amide bonds. The minimum atomic E-state index is 0.642. The second-order valence-electron chi connectivity index (χ2n) is 3.28. The Kier molecular flexibility index (Phi) is 5.97. The summed E-state index contributed by atoms with van der Waals surface area (Å²) in [5.41, 5.74) is 0. The summed E-state index contributed by atoms with van der Waals surface area (Å²) >= 11 is 0. The Hall–Kier alpha value is -0.480. The van der Waals surface area contributed by atoms with E-state index in [1.54, 1.807) is 0 Å². The van der Waals surface area contributed by atoms with E-state index in [9.17, 15) is 0 Å². The highest BCUT2D eigenvalue weighted by Gasteiger charge is 2.20. The average Bonchev–Trinajstić information content (AvgIpc) is 2.75. The molecule has 1 aliphatic rings. The lowest BCUT2D eigenvalue weighted by molar-refractivity contribution is 0.382. The summed E-state index contributed by atoms with van der Waals surface area (Å²) in [5, 5.41) is 0. The van der Waals surface area contributed by atoms with Gasteiger partial charge in [0, 0.05) is 0 Å². The van der Waals surface area contributed by atoms with Gasteiger partial charge in [-0.1, -0.05) is 26.7 Å². The average molecular weight is 154 g/mol. The Morgan fingerprint density at radius 2 is 2.00 bits per heavy atom.